The molecule has 0 radical (unpaired) electrons. The van der Waals surface area contributed by atoms with Crippen LogP contribution in [0.1, 0.15) is 52.4 Å². The van der Waals surface area contributed by atoms with Crippen LogP contribution in [0.15, 0.2) is 4.99 Å². The Morgan fingerprint density at radius 2 is 1.67 bits per heavy atom. The van der Waals surface area contributed by atoms with Gasteiger partial charge in [-0.2, -0.15) is 0 Å². The Hall–Kier alpha value is -0.730. The van der Waals surface area contributed by atoms with Crippen LogP contribution in [0.2, 0.25) is 0 Å². The molecule has 0 aromatic carbocycles. The second-order valence-electron chi connectivity index (χ2n) is 6.17. The maximum Gasteiger partial charge on any atom is 0.191 e. The molecule has 2 fully saturated rings. The molecule has 2 aliphatic rings. The maximum atomic E-state index is 4.67. The van der Waals surface area contributed by atoms with Gasteiger partial charge in [0.25, 0.3) is 0 Å². The van der Waals surface area contributed by atoms with E-state index >= 15 is 0 Å². The molecule has 2 N–H and O–H groups in total. The van der Waals surface area contributed by atoms with Gasteiger partial charge in [-0.25, -0.2) is 0 Å². The Bertz CT molecular complexity index is 263. The first kappa shape index (κ1) is 13.7. The molecule has 2 saturated carbocycles. The average Bonchev–Trinajstić information content (AvgIpc) is 3.19. The van der Waals surface area contributed by atoms with E-state index in [1.807, 2.05) is 0 Å². The smallest absolute Gasteiger partial charge is 0.191 e. The van der Waals surface area contributed by atoms with Gasteiger partial charge >= 0.3 is 0 Å². The Kier molecular flexibility index (Phi) is 5.33. The first-order valence-corrected chi connectivity index (χ1v) is 7.80. The topological polar surface area (TPSA) is 36.4 Å². The van der Waals surface area contributed by atoms with E-state index < -0.39 is 0 Å². The van der Waals surface area contributed by atoms with Crippen LogP contribution in [-0.4, -0.2) is 25.6 Å². The van der Waals surface area contributed by atoms with Gasteiger partial charge in [0.2, 0.25) is 0 Å². The van der Waals surface area contributed by atoms with Gasteiger partial charge in [-0.15, -0.1) is 0 Å². The second-order valence-corrected chi connectivity index (χ2v) is 6.17. The summed E-state index contributed by atoms with van der Waals surface area (Å²) in [6.07, 6.45) is 8.34. The molecule has 0 unspecified atom stereocenters. The molecule has 18 heavy (non-hydrogen) atoms. The summed E-state index contributed by atoms with van der Waals surface area (Å²) >= 11 is 0. The summed E-state index contributed by atoms with van der Waals surface area (Å²) in [5, 5.41) is 6.88. The van der Waals surface area contributed by atoms with Crippen molar-refractivity contribution in [3.8, 4) is 0 Å². The second kappa shape index (κ2) is 7.01. The molecule has 104 valence electrons. The van der Waals surface area contributed by atoms with Gasteiger partial charge in [0.05, 0.1) is 0 Å². The molecule has 0 amide bonds. The highest BCUT2D eigenvalue weighted by molar-refractivity contribution is 5.79. The van der Waals surface area contributed by atoms with E-state index in [1.165, 1.54) is 38.5 Å². The Morgan fingerprint density at radius 3 is 2.28 bits per heavy atom. The highest BCUT2D eigenvalue weighted by atomic mass is 15.2. The fourth-order valence-electron chi connectivity index (χ4n) is 2.64. The van der Waals surface area contributed by atoms with E-state index in [-0.39, 0.29) is 0 Å². The lowest BCUT2D eigenvalue weighted by Crippen LogP contribution is -2.40. The van der Waals surface area contributed by atoms with Gasteiger partial charge in [-0.1, -0.05) is 19.8 Å². The first-order valence-electron chi connectivity index (χ1n) is 7.80. The van der Waals surface area contributed by atoms with Crippen molar-refractivity contribution < 1.29 is 0 Å². The molecule has 0 spiro atoms. The third-order valence-electron chi connectivity index (χ3n) is 4.24. The molecule has 2 rings (SSSR count). The number of nitrogens with one attached hydrogen (secondary N) is 2. The fourth-order valence-corrected chi connectivity index (χ4v) is 2.64. The quantitative estimate of drug-likeness (QED) is 0.582. The molecule has 0 heterocycles. The molecule has 0 aromatic heterocycles. The fraction of sp³-hybridized carbons (Fsp3) is 0.933. The number of rotatable bonds is 5. The lowest BCUT2D eigenvalue weighted by Gasteiger charge is -2.26. The SMILES string of the molecule is CCNC(=NCC1CC1)NCC1CCC(C)CC1. The van der Waals surface area contributed by atoms with Crippen molar-refractivity contribution in [2.75, 3.05) is 19.6 Å². The molecule has 0 atom stereocenters. The predicted octanol–water partition coefficient (Wildman–Crippen LogP) is 2.78. The van der Waals surface area contributed by atoms with E-state index in [4.69, 9.17) is 0 Å². The highest BCUT2D eigenvalue weighted by Gasteiger charge is 2.21. The minimum absolute atomic E-state index is 0.853. The lowest BCUT2D eigenvalue weighted by molar-refractivity contribution is 0.289. The minimum Gasteiger partial charge on any atom is -0.357 e. The van der Waals surface area contributed by atoms with E-state index in [2.05, 4.69) is 29.5 Å². The van der Waals surface area contributed by atoms with Crippen molar-refractivity contribution in [2.24, 2.45) is 22.7 Å². The highest BCUT2D eigenvalue weighted by Crippen LogP contribution is 2.29. The molecule has 3 heteroatoms. The monoisotopic (exact) mass is 251 g/mol. The molecule has 0 aliphatic heterocycles. The predicted molar refractivity (Wildman–Crippen MR) is 77.8 cm³/mol. The van der Waals surface area contributed by atoms with Gasteiger partial charge in [-0.3, -0.25) is 4.99 Å². The van der Waals surface area contributed by atoms with Crippen molar-refractivity contribution in [3.63, 3.8) is 0 Å². The lowest BCUT2D eigenvalue weighted by atomic mass is 9.83. The van der Waals surface area contributed by atoms with Crippen LogP contribution in [0.25, 0.3) is 0 Å². The first-order chi connectivity index (χ1) is 8.78. The van der Waals surface area contributed by atoms with Crippen LogP contribution in [-0.2, 0) is 0 Å². The van der Waals surface area contributed by atoms with Crippen LogP contribution in [0.3, 0.4) is 0 Å². The summed E-state index contributed by atoms with van der Waals surface area (Å²) in [6.45, 7) is 7.58. The van der Waals surface area contributed by atoms with Crippen molar-refractivity contribution >= 4 is 5.96 Å². The summed E-state index contributed by atoms with van der Waals surface area (Å²) in [4.78, 5) is 4.67. The number of hydrogen-bond donors (Lipinski definition) is 2. The third kappa shape index (κ3) is 4.87. The van der Waals surface area contributed by atoms with Crippen LogP contribution >= 0.6 is 0 Å². The molecule has 2 aliphatic carbocycles. The van der Waals surface area contributed by atoms with Crippen molar-refractivity contribution in [3.05, 3.63) is 0 Å². The van der Waals surface area contributed by atoms with Crippen LogP contribution < -0.4 is 10.6 Å². The standard InChI is InChI=1S/C15H29N3/c1-3-16-15(18-11-14-8-9-14)17-10-13-6-4-12(2)5-7-13/h12-14H,3-11H2,1-2H3,(H2,16,17,18). The molecular weight excluding hydrogens is 222 g/mol. The van der Waals surface area contributed by atoms with E-state index in [0.29, 0.717) is 0 Å². The van der Waals surface area contributed by atoms with Crippen LogP contribution in [0, 0.1) is 17.8 Å². The molecule has 0 aromatic rings. The maximum absolute atomic E-state index is 4.67. The summed E-state index contributed by atoms with van der Waals surface area (Å²) < 4.78 is 0. The normalized spacial score (nSPS) is 29.1. The van der Waals surface area contributed by atoms with Crippen molar-refractivity contribution in [2.45, 2.75) is 52.4 Å². The van der Waals surface area contributed by atoms with Gasteiger partial charge < -0.3 is 10.6 Å². The average molecular weight is 251 g/mol. The van der Waals surface area contributed by atoms with Gasteiger partial charge in [0, 0.05) is 19.6 Å². The Labute approximate surface area is 112 Å². The molecule has 0 bridgehead atoms. The van der Waals surface area contributed by atoms with Crippen LogP contribution in [0.5, 0.6) is 0 Å². The number of hydrogen-bond acceptors (Lipinski definition) is 1. The summed E-state index contributed by atoms with van der Waals surface area (Å²) in [5.74, 6) is 3.70. The Morgan fingerprint density at radius 1 is 1.00 bits per heavy atom. The molecule has 0 saturated heterocycles. The zero-order valence-electron chi connectivity index (χ0n) is 12.0. The minimum atomic E-state index is 0.853. The van der Waals surface area contributed by atoms with Gasteiger partial charge in [0.1, 0.15) is 0 Å². The van der Waals surface area contributed by atoms with E-state index in [1.54, 1.807) is 0 Å². The van der Waals surface area contributed by atoms with Crippen molar-refractivity contribution in [1.29, 1.82) is 0 Å². The zero-order valence-corrected chi connectivity index (χ0v) is 12.0. The summed E-state index contributed by atoms with van der Waals surface area (Å²) in [5.41, 5.74) is 0. The number of nitrogens with zero attached hydrogens (tertiary/aromatic N) is 1. The van der Waals surface area contributed by atoms with E-state index in [9.17, 15) is 0 Å². The number of guanidine groups is 1. The summed E-state index contributed by atoms with van der Waals surface area (Å²) in [6, 6.07) is 0. The molecular formula is C15H29N3. The largest absolute Gasteiger partial charge is 0.357 e. The third-order valence-corrected chi connectivity index (χ3v) is 4.24. The summed E-state index contributed by atoms with van der Waals surface area (Å²) in [7, 11) is 0. The van der Waals surface area contributed by atoms with Gasteiger partial charge in [0.15, 0.2) is 5.96 Å². The Balaban J connectivity index is 1.69. The van der Waals surface area contributed by atoms with Crippen molar-refractivity contribution in [1.82, 2.24) is 10.6 Å². The molecule has 3 nitrogen and oxygen atoms in total. The van der Waals surface area contributed by atoms with Gasteiger partial charge in [-0.05, 0) is 50.4 Å². The van der Waals surface area contributed by atoms with Crippen LogP contribution in [0.4, 0.5) is 0 Å². The zero-order chi connectivity index (χ0) is 12.8. The van der Waals surface area contributed by atoms with E-state index in [0.717, 1.165) is 43.3 Å². The number of aliphatic imine (C=N–C) groups is 1.